The van der Waals surface area contributed by atoms with Crippen LogP contribution in [-0.4, -0.2) is 29.1 Å². The molecular weight excluding hydrogens is 220 g/mol. The highest BCUT2D eigenvalue weighted by atomic mass is 16.4. The first-order chi connectivity index (χ1) is 8.04. The number of hydrogen-bond donors (Lipinski definition) is 3. The molecule has 98 valence electrons. The molecule has 1 aliphatic carbocycles. The molecule has 5 heteroatoms. The van der Waals surface area contributed by atoms with Gasteiger partial charge in [0.25, 0.3) is 0 Å². The molecule has 2 unspecified atom stereocenters. The van der Waals surface area contributed by atoms with Gasteiger partial charge in [0.2, 0.25) is 5.91 Å². The maximum absolute atomic E-state index is 11.9. The number of nitrogens with two attached hydrogens (primary N) is 1. The third-order valence-electron chi connectivity index (χ3n) is 3.28. The van der Waals surface area contributed by atoms with Crippen molar-refractivity contribution in [2.75, 3.05) is 0 Å². The first-order valence-electron chi connectivity index (χ1n) is 6.33. The van der Waals surface area contributed by atoms with Crippen LogP contribution in [0.3, 0.4) is 0 Å². The van der Waals surface area contributed by atoms with Gasteiger partial charge in [-0.25, -0.2) is 4.79 Å². The van der Waals surface area contributed by atoms with Crippen LogP contribution in [0.1, 0.15) is 45.4 Å². The molecule has 0 aliphatic heterocycles. The fraction of sp³-hybridized carbons (Fsp3) is 0.833. The van der Waals surface area contributed by atoms with E-state index in [4.69, 9.17) is 10.8 Å². The summed E-state index contributed by atoms with van der Waals surface area (Å²) >= 11 is 0. The number of amides is 1. The summed E-state index contributed by atoms with van der Waals surface area (Å²) < 4.78 is 0. The van der Waals surface area contributed by atoms with Gasteiger partial charge in [0.1, 0.15) is 6.04 Å². The van der Waals surface area contributed by atoms with E-state index in [1.807, 2.05) is 6.92 Å². The lowest BCUT2D eigenvalue weighted by atomic mass is 9.85. The number of carbonyl (C=O) groups excluding carboxylic acids is 1. The van der Waals surface area contributed by atoms with E-state index in [1.165, 1.54) is 0 Å². The van der Waals surface area contributed by atoms with Crippen LogP contribution in [0.4, 0.5) is 0 Å². The zero-order valence-electron chi connectivity index (χ0n) is 10.3. The molecule has 5 nitrogen and oxygen atoms in total. The Morgan fingerprint density at radius 3 is 2.71 bits per heavy atom. The average molecular weight is 242 g/mol. The summed E-state index contributed by atoms with van der Waals surface area (Å²) in [5.74, 6) is -1.22. The molecule has 17 heavy (non-hydrogen) atoms. The predicted molar refractivity (Wildman–Crippen MR) is 64.4 cm³/mol. The van der Waals surface area contributed by atoms with Crippen molar-refractivity contribution in [2.24, 2.45) is 11.7 Å². The largest absolute Gasteiger partial charge is 0.480 e. The van der Waals surface area contributed by atoms with Crippen LogP contribution < -0.4 is 11.1 Å². The Bertz CT molecular complexity index is 281. The van der Waals surface area contributed by atoms with Crippen LogP contribution in [0.15, 0.2) is 0 Å². The number of carbonyl (C=O) groups is 2. The zero-order chi connectivity index (χ0) is 12.8. The molecule has 0 saturated heterocycles. The maximum Gasteiger partial charge on any atom is 0.326 e. The third-order valence-corrected chi connectivity index (χ3v) is 3.28. The molecule has 3 atom stereocenters. The first-order valence-corrected chi connectivity index (χ1v) is 6.33. The van der Waals surface area contributed by atoms with Gasteiger partial charge in [-0.3, -0.25) is 4.79 Å². The van der Waals surface area contributed by atoms with Crippen molar-refractivity contribution in [1.82, 2.24) is 5.32 Å². The summed E-state index contributed by atoms with van der Waals surface area (Å²) in [7, 11) is 0. The second-order valence-electron chi connectivity index (χ2n) is 4.81. The van der Waals surface area contributed by atoms with E-state index < -0.39 is 12.0 Å². The highest BCUT2D eigenvalue weighted by molar-refractivity contribution is 5.85. The third kappa shape index (κ3) is 4.34. The molecule has 1 rings (SSSR count). The van der Waals surface area contributed by atoms with E-state index in [0.717, 1.165) is 25.7 Å². The van der Waals surface area contributed by atoms with Crippen molar-refractivity contribution >= 4 is 11.9 Å². The van der Waals surface area contributed by atoms with Crippen molar-refractivity contribution < 1.29 is 14.7 Å². The van der Waals surface area contributed by atoms with Crippen LogP contribution >= 0.6 is 0 Å². The van der Waals surface area contributed by atoms with Gasteiger partial charge in [0.15, 0.2) is 0 Å². The molecule has 0 heterocycles. The van der Waals surface area contributed by atoms with Gasteiger partial charge in [-0.15, -0.1) is 0 Å². The van der Waals surface area contributed by atoms with Crippen LogP contribution in [0.25, 0.3) is 0 Å². The number of carboxylic acid groups (broad SMARTS) is 1. The fourth-order valence-corrected chi connectivity index (χ4v) is 2.30. The van der Waals surface area contributed by atoms with E-state index in [9.17, 15) is 9.59 Å². The van der Waals surface area contributed by atoms with Crippen molar-refractivity contribution in [3.8, 4) is 0 Å². The lowest BCUT2D eigenvalue weighted by Crippen LogP contribution is -2.45. The van der Waals surface area contributed by atoms with E-state index in [0.29, 0.717) is 12.8 Å². The lowest BCUT2D eigenvalue weighted by molar-refractivity contribution is -0.142. The SMILES string of the molecule is CCC[C@@H](NC(=O)C1CCCC(N)C1)C(=O)O. The summed E-state index contributed by atoms with van der Waals surface area (Å²) in [4.78, 5) is 22.8. The maximum atomic E-state index is 11.9. The minimum Gasteiger partial charge on any atom is -0.480 e. The van der Waals surface area contributed by atoms with E-state index in [2.05, 4.69) is 5.32 Å². The topological polar surface area (TPSA) is 92.4 Å². The van der Waals surface area contributed by atoms with Gasteiger partial charge in [-0.05, 0) is 25.7 Å². The number of aliphatic carboxylic acids is 1. The molecule has 0 aromatic heterocycles. The van der Waals surface area contributed by atoms with Crippen molar-refractivity contribution in [2.45, 2.75) is 57.5 Å². The van der Waals surface area contributed by atoms with Crippen LogP contribution in [0.2, 0.25) is 0 Å². The second-order valence-corrected chi connectivity index (χ2v) is 4.81. The van der Waals surface area contributed by atoms with E-state index in [1.54, 1.807) is 0 Å². The van der Waals surface area contributed by atoms with Gasteiger partial charge >= 0.3 is 5.97 Å². The Labute approximate surface area is 102 Å². The van der Waals surface area contributed by atoms with E-state index in [-0.39, 0.29) is 17.9 Å². The Hall–Kier alpha value is -1.10. The highest BCUT2D eigenvalue weighted by Crippen LogP contribution is 2.23. The smallest absolute Gasteiger partial charge is 0.326 e. The summed E-state index contributed by atoms with van der Waals surface area (Å²) in [6.45, 7) is 1.90. The van der Waals surface area contributed by atoms with Crippen molar-refractivity contribution in [3.63, 3.8) is 0 Å². The van der Waals surface area contributed by atoms with Crippen molar-refractivity contribution in [1.29, 1.82) is 0 Å². The molecule has 1 saturated carbocycles. The fourth-order valence-electron chi connectivity index (χ4n) is 2.30. The number of hydrogen-bond acceptors (Lipinski definition) is 3. The normalized spacial score (nSPS) is 26.2. The minimum atomic E-state index is -0.958. The molecule has 1 aliphatic rings. The van der Waals surface area contributed by atoms with Crippen LogP contribution in [0, 0.1) is 5.92 Å². The van der Waals surface area contributed by atoms with Gasteiger partial charge in [0.05, 0.1) is 0 Å². The predicted octanol–water partition coefficient (Wildman–Crippen LogP) is 0.873. The summed E-state index contributed by atoms with van der Waals surface area (Å²) in [6, 6.07) is -0.681. The highest BCUT2D eigenvalue weighted by Gasteiger charge is 2.28. The Morgan fingerprint density at radius 2 is 2.18 bits per heavy atom. The average Bonchev–Trinajstić information content (AvgIpc) is 2.28. The minimum absolute atomic E-state index is 0.0777. The van der Waals surface area contributed by atoms with Gasteiger partial charge in [-0.2, -0.15) is 0 Å². The molecule has 0 radical (unpaired) electrons. The van der Waals surface area contributed by atoms with E-state index >= 15 is 0 Å². The van der Waals surface area contributed by atoms with Crippen LogP contribution in [0.5, 0.6) is 0 Å². The number of nitrogens with one attached hydrogen (secondary N) is 1. The molecule has 0 aromatic rings. The first kappa shape index (κ1) is 14.0. The monoisotopic (exact) mass is 242 g/mol. The van der Waals surface area contributed by atoms with Gasteiger partial charge in [0, 0.05) is 12.0 Å². The Balaban J connectivity index is 2.48. The molecule has 1 fully saturated rings. The molecule has 0 spiro atoms. The molecule has 0 aromatic carbocycles. The van der Waals surface area contributed by atoms with Crippen LogP contribution in [-0.2, 0) is 9.59 Å². The summed E-state index contributed by atoms with van der Waals surface area (Å²) in [5, 5.41) is 11.6. The standard InChI is InChI=1S/C12H22N2O3/c1-2-4-10(12(16)17)14-11(15)8-5-3-6-9(13)7-8/h8-10H,2-7,13H2,1H3,(H,14,15)(H,16,17)/t8?,9?,10-/m1/s1. The number of rotatable bonds is 5. The molecule has 1 amide bonds. The molecular formula is C12H22N2O3. The van der Waals surface area contributed by atoms with Gasteiger partial charge < -0.3 is 16.2 Å². The number of carboxylic acids is 1. The zero-order valence-corrected chi connectivity index (χ0v) is 10.3. The Kier molecular flexibility index (Phi) is 5.41. The quantitative estimate of drug-likeness (QED) is 0.667. The van der Waals surface area contributed by atoms with Gasteiger partial charge in [-0.1, -0.05) is 19.8 Å². The molecule has 4 N–H and O–H groups in total. The van der Waals surface area contributed by atoms with Crippen molar-refractivity contribution in [3.05, 3.63) is 0 Å². The second kappa shape index (κ2) is 6.59. The Morgan fingerprint density at radius 1 is 1.47 bits per heavy atom. The lowest BCUT2D eigenvalue weighted by Gasteiger charge is -2.26. The summed E-state index contributed by atoms with van der Waals surface area (Å²) in [6.07, 6.45) is 4.61. The summed E-state index contributed by atoms with van der Waals surface area (Å²) in [5.41, 5.74) is 5.82. The molecule has 0 bridgehead atoms.